The summed E-state index contributed by atoms with van der Waals surface area (Å²) < 4.78 is 16.4. The summed E-state index contributed by atoms with van der Waals surface area (Å²) in [6, 6.07) is 3.93. The lowest BCUT2D eigenvalue weighted by molar-refractivity contribution is 0.0384. The number of benzene rings is 1. The van der Waals surface area contributed by atoms with Crippen molar-refractivity contribution in [2.24, 2.45) is 0 Å². The van der Waals surface area contributed by atoms with Gasteiger partial charge < -0.3 is 19.5 Å². The summed E-state index contributed by atoms with van der Waals surface area (Å²) in [7, 11) is 1.64. The van der Waals surface area contributed by atoms with Crippen LogP contribution < -0.4 is 14.8 Å². The van der Waals surface area contributed by atoms with E-state index >= 15 is 0 Å². The molecule has 2 rings (SSSR count). The second kappa shape index (κ2) is 9.98. The van der Waals surface area contributed by atoms with Crippen molar-refractivity contribution >= 4 is 11.6 Å². The number of nitrogens with one attached hydrogen (secondary N) is 1. The number of halogens is 1. The van der Waals surface area contributed by atoms with Crippen molar-refractivity contribution in [3.63, 3.8) is 0 Å². The second-order valence-corrected chi connectivity index (χ2v) is 6.00. The Morgan fingerprint density at radius 1 is 1.30 bits per heavy atom. The van der Waals surface area contributed by atoms with E-state index in [0.717, 1.165) is 57.9 Å². The summed E-state index contributed by atoms with van der Waals surface area (Å²) in [5.74, 6) is 1.32. The first-order chi connectivity index (χ1) is 11.2. The quantitative estimate of drug-likeness (QED) is 0.699. The predicted molar refractivity (Wildman–Crippen MR) is 92.8 cm³/mol. The molecule has 1 aliphatic rings. The fourth-order valence-corrected chi connectivity index (χ4v) is 2.80. The Hall–Kier alpha value is -1.01. The molecule has 0 spiro atoms. The predicted octanol–water partition coefficient (Wildman–Crippen LogP) is 2.56. The van der Waals surface area contributed by atoms with Crippen LogP contribution in [0.3, 0.4) is 0 Å². The zero-order chi connectivity index (χ0) is 16.5. The lowest BCUT2D eigenvalue weighted by Gasteiger charge is -2.26. The first-order valence-corrected chi connectivity index (χ1v) is 8.62. The Kier molecular flexibility index (Phi) is 7.95. The summed E-state index contributed by atoms with van der Waals surface area (Å²) in [5, 5.41) is 4.05. The van der Waals surface area contributed by atoms with Crippen LogP contribution in [0, 0.1) is 0 Å². The molecule has 1 aliphatic heterocycles. The van der Waals surface area contributed by atoms with Gasteiger partial charge in [-0.15, -0.1) is 0 Å². The molecule has 130 valence electrons. The summed E-state index contributed by atoms with van der Waals surface area (Å²) in [6.45, 7) is 9.14. The summed E-state index contributed by atoms with van der Waals surface area (Å²) >= 11 is 6.33. The minimum Gasteiger partial charge on any atom is -0.493 e. The molecule has 0 aliphatic carbocycles. The van der Waals surface area contributed by atoms with E-state index in [9.17, 15) is 0 Å². The maximum Gasteiger partial charge on any atom is 0.179 e. The molecule has 1 saturated heterocycles. The maximum absolute atomic E-state index is 6.33. The molecule has 0 aromatic heterocycles. The van der Waals surface area contributed by atoms with Gasteiger partial charge in [-0.1, -0.05) is 18.5 Å². The highest BCUT2D eigenvalue weighted by molar-refractivity contribution is 6.32. The maximum atomic E-state index is 6.33. The van der Waals surface area contributed by atoms with Gasteiger partial charge in [-0.25, -0.2) is 0 Å². The van der Waals surface area contributed by atoms with E-state index in [0.29, 0.717) is 23.1 Å². The van der Waals surface area contributed by atoms with Gasteiger partial charge in [0.15, 0.2) is 11.5 Å². The normalized spacial score (nSPS) is 15.6. The molecule has 0 unspecified atom stereocenters. The van der Waals surface area contributed by atoms with E-state index in [1.165, 1.54) is 0 Å². The van der Waals surface area contributed by atoms with Crippen LogP contribution in [-0.2, 0) is 11.3 Å². The van der Waals surface area contributed by atoms with Crippen LogP contribution >= 0.6 is 11.6 Å². The van der Waals surface area contributed by atoms with Crippen molar-refractivity contribution in [1.29, 1.82) is 0 Å². The van der Waals surface area contributed by atoms with E-state index in [2.05, 4.69) is 17.1 Å². The molecule has 0 atom stereocenters. The Morgan fingerprint density at radius 2 is 2.09 bits per heavy atom. The van der Waals surface area contributed by atoms with Gasteiger partial charge in [0.05, 0.1) is 32.0 Å². The monoisotopic (exact) mass is 342 g/mol. The van der Waals surface area contributed by atoms with E-state index in [-0.39, 0.29) is 0 Å². The highest BCUT2D eigenvalue weighted by Gasteiger charge is 2.12. The average Bonchev–Trinajstić information content (AvgIpc) is 2.58. The minimum atomic E-state index is 0.600. The van der Waals surface area contributed by atoms with E-state index in [4.69, 9.17) is 25.8 Å². The lowest BCUT2D eigenvalue weighted by Crippen LogP contribution is -2.40. The number of hydrogen-bond acceptors (Lipinski definition) is 5. The largest absolute Gasteiger partial charge is 0.493 e. The molecule has 23 heavy (non-hydrogen) atoms. The molecule has 1 fully saturated rings. The molecule has 0 saturated carbocycles. The fourth-order valence-electron chi connectivity index (χ4n) is 2.51. The van der Waals surface area contributed by atoms with Crippen LogP contribution in [0.25, 0.3) is 0 Å². The highest BCUT2D eigenvalue weighted by atomic mass is 35.5. The molecule has 0 bridgehead atoms. The SMILES string of the molecule is CCCOc1c(Cl)cc(CNCCN2CCOCC2)cc1OC. The van der Waals surface area contributed by atoms with Crippen LogP contribution in [0.2, 0.25) is 5.02 Å². The Morgan fingerprint density at radius 3 is 2.78 bits per heavy atom. The first kappa shape index (κ1) is 18.3. The van der Waals surface area contributed by atoms with Crippen LogP contribution in [-0.4, -0.2) is 58.0 Å². The summed E-state index contributed by atoms with van der Waals surface area (Å²) in [5.41, 5.74) is 1.10. The average molecular weight is 343 g/mol. The molecule has 0 amide bonds. The summed E-state index contributed by atoms with van der Waals surface area (Å²) in [4.78, 5) is 2.41. The summed E-state index contributed by atoms with van der Waals surface area (Å²) in [6.07, 6.45) is 0.935. The van der Waals surface area contributed by atoms with Gasteiger partial charge in [-0.2, -0.15) is 0 Å². The van der Waals surface area contributed by atoms with Gasteiger partial charge >= 0.3 is 0 Å². The number of methoxy groups -OCH3 is 1. The third kappa shape index (κ3) is 5.84. The van der Waals surface area contributed by atoms with Gasteiger partial charge in [0.1, 0.15) is 0 Å². The number of nitrogens with zero attached hydrogens (tertiary/aromatic N) is 1. The van der Waals surface area contributed by atoms with Gasteiger partial charge in [0.25, 0.3) is 0 Å². The van der Waals surface area contributed by atoms with Crippen molar-refractivity contribution in [2.75, 3.05) is 53.1 Å². The van der Waals surface area contributed by atoms with Crippen LogP contribution in [0.5, 0.6) is 11.5 Å². The second-order valence-electron chi connectivity index (χ2n) is 5.59. The molecule has 6 heteroatoms. The van der Waals surface area contributed by atoms with Crippen LogP contribution in [0.1, 0.15) is 18.9 Å². The highest BCUT2D eigenvalue weighted by Crippen LogP contribution is 2.36. The molecular weight excluding hydrogens is 316 g/mol. The number of rotatable bonds is 9. The zero-order valence-electron chi connectivity index (χ0n) is 14.1. The van der Waals surface area contributed by atoms with E-state index in [1.54, 1.807) is 7.11 Å². The number of ether oxygens (including phenoxy) is 3. The Balaban J connectivity index is 1.83. The van der Waals surface area contributed by atoms with E-state index in [1.807, 2.05) is 12.1 Å². The zero-order valence-corrected chi connectivity index (χ0v) is 14.8. The third-order valence-electron chi connectivity index (χ3n) is 3.78. The van der Waals surface area contributed by atoms with Crippen molar-refractivity contribution in [3.8, 4) is 11.5 Å². The van der Waals surface area contributed by atoms with Crippen molar-refractivity contribution in [3.05, 3.63) is 22.7 Å². The van der Waals surface area contributed by atoms with Crippen molar-refractivity contribution in [2.45, 2.75) is 19.9 Å². The molecule has 1 N–H and O–H groups in total. The topological polar surface area (TPSA) is 43.0 Å². The number of hydrogen-bond donors (Lipinski definition) is 1. The molecule has 5 nitrogen and oxygen atoms in total. The van der Waals surface area contributed by atoms with Crippen LogP contribution in [0.15, 0.2) is 12.1 Å². The number of morpholine rings is 1. The Labute approximate surface area is 143 Å². The fraction of sp³-hybridized carbons (Fsp3) is 0.647. The third-order valence-corrected chi connectivity index (χ3v) is 4.06. The molecule has 1 aromatic carbocycles. The van der Waals surface area contributed by atoms with Gasteiger partial charge in [-0.05, 0) is 24.1 Å². The van der Waals surface area contributed by atoms with Crippen molar-refractivity contribution < 1.29 is 14.2 Å². The van der Waals surface area contributed by atoms with E-state index < -0.39 is 0 Å². The molecular formula is C17H27ClN2O3. The molecule has 0 radical (unpaired) electrons. The molecule has 1 heterocycles. The smallest absolute Gasteiger partial charge is 0.179 e. The van der Waals surface area contributed by atoms with Crippen LogP contribution in [0.4, 0.5) is 0 Å². The van der Waals surface area contributed by atoms with Gasteiger partial charge in [0.2, 0.25) is 0 Å². The first-order valence-electron chi connectivity index (χ1n) is 8.24. The standard InChI is InChI=1S/C17H27ClN2O3/c1-3-8-23-17-15(18)11-14(12-16(17)21-2)13-19-4-5-20-6-9-22-10-7-20/h11-12,19H,3-10,13H2,1-2H3. The minimum absolute atomic E-state index is 0.600. The van der Waals surface area contributed by atoms with Gasteiger partial charge in [0, 0.05) is 32.7 Å². The molecule has 1 aromatic rings. The Bertz CT molecular complexity index is 479. The lowest BCUT2D eigenvalue weighted by atomic mass is 10.2. The van der Waals surface area contributed by atoms with Crippen molar-refractivity contribution in [1.82, 2.24) is 10.2 Å². The van der Waals surface area contributed by atoms with Gasteiger partial charge in [-0.3, -0.25) is 4.90 Å².